The van der Waals surface area contributed by atoms with E-state index in [1.807, 2.05) is 20.8 Å². The number of nitrogens with one attached hydrogen (secondary N) is 1. The fourth-order valence-corrected chi connectivity index (χ4v) is 2.20. The van der Waals surface area contributed by atoms with Crippen LogP contribution in [0.15, 0.2) is 0 Å². The average Bonchev–Trinajstić information content (AvgIpc) is 2.37. The van der Waals surface area contributed by atoms with Crippen LogP contribution in [0.1, 0.15) is 40.0 Å². The first-order valence-corrected chi connectivity index (χ1v) is 7.60. The van der Waals surface area contributed by atoms with Gasteiger partial charge in [-0.2, -0.15) is 0 Å². The van der Waals surface area contributed by atoms with E-state index >= 15 is 0 Å². The molecule has 1 rings (SSSR count). The molecule has 0 aromatic carbocycles. The summed E-state index contributed by atoms with van der Waals surface area (Å²) in [7, 11) is 3.53. The van der Waals surface area contributed by atoms with E-state index in [0.29, 0.717) is 32.1 Å². The molecule has 1 N–H and O–H groups in total. The minimum absolute atomic E-state index is 0.133. The number of rotatable bonds is 4. The van der Waals surface area contributed by atoms with Gasteiger partial charge < -0.3 is 19.9 Å². The predicted octanol–water partition coefficient (Wildman–Crippen LogP) is 1.45. The Morgan fingerprint density at radius 1 is 1.24 bits per heavy atom. The van der Waals surface area contributed by atoms with Gasteiger partial charge in [0.1, 0.15) is 5.60 Å². The number of nitrogens with zero attached hydrogens (tertiary/aromatic N) is 2. The molecule has 0 spiro atoms. The summed E-state index contributed by atoms with van der Waals surface area (Å²) >= 11 is 0. The lowest BCUT2D eigenvalue weighted by Crippen LogP contribution is -2.47. The summed E-state index contributed by atoms with van der Waals surface area (Å²) in [6.45, 7) is 7.72. The normalized spacial score (nSPS) is 16.7. The van der Waals surface area contributed by atoms with Crippen LogP contribution in [0.25, 0.3) is 0 Å². The quantitative estimate of drug-likeness (QED) is 0.853. The molecular weight excluding hydrogens is 270 g/mol. The van der Waals surface area contributed by atoms with Crippen molar-refractivity contribution in [2.45, 2.75) is 51.7 Å². The molecule has 0 aromatic rings. The van der Waals surface area contributed by atoms with Gasteiger partial charge in [0.15, 0.2) is 0 Å². The predicted molar refractivity (Wildman–Crippen MR) is 82.1 cm³/mol. The summed E-state index contributed by atoms with van der Waals surface area (Å²) in [5, 5.41) is 3.39. The molecule has 1 aliphatic rings. The van der Waals surface area contributed by atoms with Crippen molar-refractivity contribution in [2.24, 2.45) is 0 Å². The van der Waals surface area contributed by atoms with E-state index in [4.69, 9.17) is 4.74 Å². The fourth-order valence-electron chi connectivity index (χ4n) is 2.20. The maximum Gasteiger partial charge on any atom is 0.410 e. The Bertz CT molecular complexity index is 356. The molecule has 0 atom stereocenters. The van der Waals surface area contributed by atoms with Crippen LogP contribution in [0.3, 0.4) is 0 Å². The smallest absolute Gasteiger partial charge is 0.410 e. The molecule has 122 valence electrons. The lowest BCUT2D eigenvalue weighted by Gasteiger charge is -2.33. The van der Waals surface area contributed by atoms with E-state index in [0.717, 1.165) is 12.8 Å². The molecule has 0 radical (unpaired) electrons. The van der Waals surface area contributed by atoms with Gasteiger partial charge in [-0.05, 0) is 33.6 Å². The summed E-state index contributed by atoms with van der Waals surface area (Å²) in [6, 6.07) is 0.374. The van der Waals surface area contributed by atoms with Crippen LogP contribution < -0.4 is 5.32 Å². The number of hydrogen-bond donors (Lipinski definition) is 1. The second-order valence-electron chi connectivity index (χ2n) is 6.73. The molecule has 1 aliphatic heterocycles. The second-order valence-corrected chi connectivity index (χ2v) is 6.73. The van der Waals surface area contributed by atoms with Crippen molar-refractivity contribution >= 4 is 12.0 Å². The number of carbonyl (C=O) groups is 2. The first kappa shape index (κ1) is 17.8. The largest absolute Gasteiger partial charge is 0.444 e. The Morgan fingerprint density at radius 3 is 2.29 bits per heavy atom. The van der Waals surface area contributed by atoms with Crippen molar-refractivity contribution < 1.29 is 14.3 Å². The summed E-state index contributed by atoms with van der Waals surface area (Å²) < 4.78 is 5.37. The molecule has 2 amide bonds. The van der Waals surface area contributed by atoms with Gasteiger partial charge in [-0.1, -0.05) is 0 Å². The minimum atomic E-state index is -0.446. The van der Waals surface area contributed by atoms with Gasteiger partial charge in [-0.3, -0.25) is 4.79 Å². The van der Waals surface area contributed by atoms with Gasteiger partial charge in [0.05, 0.1) is 0 Å². The summed E-state index contributed by atoms with van der Waals surface area (Å²) in [6.07, 6.45) is 2.08. The summed E-state index contributed by atoms with van der Waals surface area (Å²) in [5.41, 5.74) is -0.446. The minimum Gasteiger partial charge on any atom is -0.444 e. The molecule has 0 unspecified atom stereocenters. The van der Waals surface area contributed by atoms with Gasteiger partial charge in [0, 0.05) is 46.2 Å². The third-order valence-electron chi connectivity index (χ3n) is 3.42. The summed E-state index contributed by atoms with van der Waals surface area (Å²) in [4.78, 5) is 26.8. The van der Waals surface area contributed by atoms with Crippen molar-refractivity contribution in [2.75, 3.05) is 33.7 Å². The topological polar surface area (TPSA) is 61.9 Å². The molecule has 0 bridgehead atoms. The number of likely N-dealkylation sites (tertiary alicyclic amines) is 1. The van der Waals surface area contributed by atoms with E-state index in [9.17, 15) is 9.59 Å². The second kappa shape index (κ2) is 7.64. The van der Waals surface area contributed by atoms with E-state index < -0.39 is 5.60 Å². The zero-order chi connectivity index (χ0) is 16.0. The van der Waals surface area contributed by atoms with Gasteiger partial charge in [-0.25, -0.2) is 4.79 Å². The number of piperidine rings is 1. The zero-order valence-corrected chi connectivity index (χ0v) is 13.9. The molecule has 1 heterocycles. The molecule has 1 fully saturated rings. The van der Waals surface area contributed by atoms with Gasteiger partial charge >= 0.3 is 6.09 Å². The Labute approximate surface area is 127 Å². The monoisotopic (exact) mass is 299 g/mol. The molecule has 0 aliphatic carbocycles. The first-order valence-electron chi connectivity index (χ1n) is 7.60. The highest BCUT2D eigenvalue weighted by Crippen LogP contribution is 2.15. The number of ether oxygens (including phenoxy) is 1. The van der Waals surface area contributed by atoms with Crippen molar-refractivity contribution in [3.8, 4) is 0 Å². The van der Waals surface area contributed by atoms with Crippen molar-refractivity contribution in [1.82, 2.24) is 15.1 Å². The van der Waals surface area contributed by atoms with Gasteiger partial charge in [0.25, 0.3) is 0 Å². The highest BCUT2D eigenvalue weighted by atomic mass is 16.6. The Hall–Kier alpha value is -1.30. The van der Waals surface area contributed by atoms with Gasteiger partial charge in [-0.15, -0.1) is 0 Å². The molecule has 6 nitrogen and oxygen atoms in total. The molecule has 6 heteroatoms. The Morgan fingerprint density at radius 2 is 1.81 bits per heavy atom. The van der Waals surface area contributed by atoms with Gasteiger partial charge in [0.2, 0.25) is 5.91 Å². The number of hydrogen-bond acceptors (Lipinski definition) is 4. The maximum atomic E-state index is 11.9. The lowest BCUT2D eigenvalue weighted by atomic mass is 10.1. The van der Waals surface area contributed by atoms with E-state index in [2.05, 4.69) is 5.32 Å². The van der Waals surface area contributed by atoms with Crippen LogP contribution in [0.2, 0.25) is 0 Å². The highest BCUT2D eigenvalue weighted by Gasteiger charge is 2.26. The molecule has 0 saturated carbocycles. The fraction of sp³-hybridized carbons (Fsp3) is 0.867. The van der Waals surface area contributed by atoms with E-state index in [-0.39, 0.29) is 12.0 Å². The third kappa shape index (κ3) is 6.80. The average molecular weight is 299 g/mol. The highest BCUT2D eigenvalue weighted by molar-refractivity contribution is 5.75. The third-order valence-corrected chi connectivity index (χ3v) is 3.42. The van der Waals surface area contributed by atoms with Crippen LogP contribution in [-0.4, -0.2) is 67.2 Å². The Kier molecular flexibility index (Phi) is 6.45. The van der Waals surface area contributed by atoms with Crippen LogP contribution in [-0.2, 0) is 9.53 Å². The molecule has 0 aromatic heterocycles. The van der Waals surface area contributed by atoms with Crippen LogP contribution >= 0.6 is 0 Å². The van der Waals surface area contributed by atoms with Crippen LogP contribution in [0.5, 0.6) is 0 Å². The van der Waals surface area contributed by atoms with Crippen molar-refractivity contribution in [3.05, 3.63) is 0 Å². The van der Waals surface area contributed by atoms with Crippen LogP contribution in [0, 0.1) is 0 Å². The van der Waals surface area contributed by atoms with Crippen molar-refractivity contribution in [1.29, 1.82) is 0 Å². The Balaban J connectivity index is 2.23. The van der Waals surface area contributed by atoms with E-state index in [1.54, 1.807) is 23.9 Å². The number of carbonyl (C=O) groups excluding carboxylic acids is 2. The molecule has 1 saturated heterocycles. The standard InChI is InChI=1S/C15H29N3O3/c1-15(2,3)21-14(20)18-10-7-12(8-11-18)16-9-6-13(19)17(4)5/h12,16H,6-11H2,1-5H3. The first-order chi connectivity index (χ1) is 9.69. The lowest BCUT2D eigenvalue weighted by molar-refractivity contribution is -0.128. The van der Waals surface area contributed by atoms with Crippen LogP contribution in [0.4, 0.5) is 4.79 Å². The van der Waals surface area contributed by atoms with E-state index in [1.165, 1.54) is 0 Å². The SMILES string of the molecule is CN(C)C(=O)CCNC1CCN(C(=O)OC(C)(C)C)CC1. The molecular formula is C15H29N3O3. The zero-order valence-electron chi connectivity index (χ0n) is 13.9. The maximum absolute atomic E-state index is 11.9. The number of amides is 2. The molecule has 21 heavy (non-hydrogen) atoms. The summed E-state index contributed by atoms with van der Waals surface area (Å²) in [5.74, 6) is 0.133. The van der Waals surface area contributed by atoms with Crippen molar-refractivity contribution in [3.63, 3.8) is 0 Å².